The Morgan fingerprint density at radius 1 is 1.24 bits per heavy atom. The number of rotatable bonds is 3. The van der Waals surface area contributed by atoms with Gasteiger partial charge in [0.1, 0.15) is 0 Å². The number of halogens is 1. The Balaban J connectivity index is 2.33. The second kappa shape index (κ2) is 4.30. The topological polar surface area (TPSA) is 54.5 Å². The van der Waals surface area contributed by atoms with E-state index in [1.165, 1.54) is 0 Å². The molecule has 0 spiro atoms. The number of benzene rings is 1. The molecule has 0 radical (unpaired) electrons. The van der Waals surface area contributed by atoms with Crippen LogP contribution in [0.25, 0.3) is 0 Å². The standard InChI is InChI=1S/C12H10ClNO3/c1-7(6-10(13)15)14-11(16)8-4-2-3-5-9(8)12(14)17/h2-5,7H,6H2,1H3/t7-/m0/s1. The van der Waals surface area contributed by atoms with Gasteiger partial charge in [0.25, 0.3) is 11.8 Å². The highest BCUT2D eigenvalue weighted by molar-refractivity contribution is 6.63. The molecule has 0 unspecified atom stereocenters. The molecule has 0 N–H and O–H groups in total. The number of hydrogen-bond donors (Lipinski definition) is 0. The number of hydrogen-bond acceptors (Lipinski definition) is 3. The fraction of sp³-hybridized carbons (Fsp3) is 0.250. The van der Waals surface area contributed by atoms with Crippen molar-refractivity contribution in [3.63, 3.8) is 0 Å². The van der Waals surface area contributed by atoms with Gasteiger partial charge in [-0.2, -0.15) is 0 Å². The van der Waals surface area contributed by atoms with Crippen molar-refractivity contribution in [1.82, 2.24) is 4.90 Å². The van der Waals surface area contributed by atoms with E-state index in [1.807, 2.05) is 0 Å². The van der Waals surface area contributed by atoms with Crippen LogP contribution in [0.5, 0.6) is 0 Å². The lowest BCUT2D eigenvalue weighted by atomic mass is 10.1. The number of carbonyl (C=O) groups excluding carboxylic acids is 3. The Labute approximate surface area is 103 Å². The molecule has 1 heterocycles. The van der Waals surface area contributed by atoms with Crippen LogP contribution < -0.4 is 0 Å². The van der Waals surface area contributed by atoms with Gasteiger partial charge in [0, 0.05) is 12.5 Å². The summed E-state index contributed by atoms with van der Waals surface area (Å²) in [6, 6.07) is 6.08. The fourth-order valence-electron chi connectivity index (χ4n) is 1.93. The quantitative estimate of drug-likeness (QED) is 0.608. The Morgan fingerprint density at radius 2 is 1.71 bits per heavy atom. The van der Waals surface area contributed by atoms with Gasteiger partial charge in [0.2, 0.25) is 5.24 Å². The lowest BCUT2D eigenvalue weighted by Gasteiger charge is -2.20. The van der Waals surface area contributed by atoms with Crippen LogP contribution in [0.4, 0.5) is 0 Å². The average Bonchev–Trinajstić information content (AvgIpc) is 2.51. The van der Waals surface area contributed by atoms with E-state index >= 15 is 0 Å². The van der Waals surface area contributed by atoms with E-state index in [1.54, 1.807) is 31.2 Å². The normalized spacial score (nSPS) is 16.0. The third-order valence-electron chi connectivity index (χ3n) is 2.72. The molecule has 1 aliphatic heterocycles. The second-order valence-electron chi connectivity index (χ2n) is 3.93. The zero-order valence-corrected chi connectivity index (χ0v) is 9.90. The molecule has 0 saturated heterocycles. The number of fused-ring (bicyclic) bond motifs is 1. The minimum absolute atomic E-state index is 0.0347. The molecule has 2 rings (SSSR count). The van der Waals surface area contributed by atoms with Crippen LogP contribution in [-0.2, 0) is 4.79 Å². The van der Waals surface area contributed by atoms with Crippen molar-refractivity contribution >= 4 is 28.7 Å². The van der Waals surface area contributed by atoms with Gasteiger partial charge < -0.3 is 0 Å². The summed E-state index contributed by atoms with van der Waals surface area (Å²) in [5, 5.41) is -0.561. The van der Waals surface area contributed by atoms with Gasteiger partial charge in [-0.25, -0.2) is 0 Å². The molecule has 0 aliphatic carbocycles. The SMILES string of the molecule is C[C@@H](CC(=O)Cl)N1C(=O)c2ccccc2C1=O. The monoisotopic (exact) mass is 251 g/mol. The zero-order chi connectivity index (χ0) is 12.6. The lowest BCUT2D eigenvalue weighted by Crippen LogP contribution is -2.38. The molecule has 1 aromatic rings. The maximum Gasteiger partial charge on any atom is 0.261 e. The molecule has 0 bridgehead atoms. The molecule has 0 aromatic heterocycles. The highest BCUT2D eigenvalue weighted by Crippen LogP contribution is 2.25. The van der Waals surface area contributed by atoms with Crippen molar-refractivity contribution in [1.29, 1.82) is 0 Å². The molecule has 88 valence electrons. The Kier molecular flexibility index (Phi) is 2.98. The van der Waals surface area contributed by atoms with Gasteiger partial charge in [0.15, 0.2) is 0 Å². The predicted molar refractivity (Wildman–Crippen MR) is 61.9 cm³/mol. The molecule has 5 heteroatoms. The molecular formula is C12H10ClNO3. The van der Waals surface area contributed by atoms with E-state index in [-0.39, 0.29) is 18.2 Å². The van der Waals surface area contributed by atoms with E-state index in [0.717, 1.165) is 4.90 Å². The van der Waals surface area contributed by atoms with E-state index in [9.17, 15) is 14.4 Å². The van der Waals surface area contributed by atoms with Crippen LogP contribution in [0.3, 0.4) is 0 Å². The Hall–Kier alpha value is -1.68. The average molecular weight is 252 g/mol. The summed E-state index contributed by atoms with van der Waals surface area (Å²) in [7, 11) is 0. The fourth-order valence-corrected chi connectivity index (χ4v) is 2.16. The van der Waals surface area contributed by atoms with E-state index in [0.29, 0.717) is 11.1 Å². The molecule has 0 saturated carbocycles. The van der Waals surface area contributed by atoms with Gasteiger partial charge in [-0.05, 0) is 30.7 Å². The van der Waals surface area contributed by atoms with Gasteiger partial charge in [-0.1, -0.05) is 12.1 Å². The Morgan fingerprint density at radius 3 is 2.12 bits per heavy atom. The van der Waals surface area contributed by atoms with Crippen LogP contribution in [-0.4, -0.2) is 28.0 Å². The summed E-state index contributed by atoms with van der Waals surface area (Å²) in [6.07, 6.45) is -0.0347. The molecule has 4 nitrogen and oxygen atoms in total. The van der Waals surface area contributed by atoms with Crippen molar-refractivity contribution in [3.8, 4) is 0 Å². The molecule has 1 atom stereocenters. The largest absolute Gasteiger partial charge is 0.281 e. The lowest BCUT2D eigenvalue weighted by molar-refractivity contribution is -0.112. The third-order valence-corrected chi connectivity index (χ3v) is 2.88. The van der Waals surface area contributed by atoms with Gasteiger partial charge in [0.05, 0.1) is 11.1 Å². The first-order chi connectivity index (χ1) is 8.02. The second-order valence-corrected chi connectivity index (χ2v) is 4.36. The summed E-state index contributed by atoms with van der Waals surface area (Å²) in [4.78, 5) is 35.9. The summed E-state index contributed by atoms with van der Waals surface area (Å²) in [5.74, 6) is -0.730. The summed E-state index contributed by atoms with van der Waals surface area (Å²) in [6.45, 7) is 1.63. The van der Waals surface area contributed by atoms with Crippen molar-refractivity contribution in [2.75, 3.05) is 0 Å². The van der Waals surface area contributed by atoms with E-state index in [4.69, 9.17) is 11.6 Å². The van der Waals surface area contributed by atoms with Gasteiger partial charge in [-0.15, -0.1) is 0 Å². The number of amides is 2. The highest BCUT2D eigenvalue weighted by atomic mass is 35.5. The molecular weight excluding hydrogens is 242 g/mol. The van der Waals surface area contributed by atoms with Crippen LogP contribution in [0, 0.1) is 0 Å². The predicted octanol–water partition coefficient (Wildman–Crippen LogP) is 1.83. The van der Waals surface area contributed by atoms with Crippen molar-refractivity contribution in [2.45, 2.75) is 19.4 Å². The van der Waals surface area contributed by atoms with Crippen LogP contribution in [0.1, 0.15) is 34.1 Å². The number of carbonyl (C=O) groups is 3. The molecule has 0 fully saturated rings. The van der Waals surface area contributed by atoms with Crippen LogP contribution >= 0.6 is 11.6 Å². The van der Waals surface area contributed by atoms with Crippen molar-refractivity contribution in [2.24, 2.45) is 0 Å². The first-order valence-corrected chi connectivity index (χ1v) is 5.55. The van der Waals surface area contributed by atoms with Gasteiger partial charge in [-0.3, -0.25) is 19.3 Å². The molecule has 17 heavy (non-hydrogen) atoms. The smallest absolute Gasteiger partial charge is 0.261 e. The summed E-state index contributed by atoms with van der Waals surface area (Å²) >= 11 is 5.27. The number of imide groups is 1. The van der Waals surface area contributed by atoms with Crippen LogP contribution in [0.15, 0.2) is 24.3 Å². The van der Waals surface area contributed by atoms with Crippen molar-refractivity contribution in [3.05, 3.63) is 35.4 Å². The zero-order valence-electron chi connectivity index (χ0n) is 9.14. The number of nitrogens with zero attached hydrogens (tertiary/aromatic N) is 1. The Bertz CT molecular complexity index is 477. The maximum atomic E-state index is 12.0. The van der Waals surface area contributed by atoms with E-state index < -0.39 is 11.3 Å². The van der Waals surface area contributed by atoms with Crippen molar-refractivity contribution < 1.29 is 14.4 Å². The molecule has 1 aromatic carbocycles. The first kappa shape index (κ1) is 11.8. The highest BCUT2D eigenvalue weighted by Gasteiger charge is 2.38. The minimum atomic E-state index is -0.561. The minimum Gasteiger partial charge on any atom is -0.281 e. The first-order valence-electron chi connectivity index (χ1n) is 5.17. The van der Waals surface area contributed by atoms with E-state index in [2.05, 4.69) is 0 Å². The maximum absolute atomic E-state index is 12.0. The summed E-state index contributed by atoms with van der Waals surface area (Å²) in [5.41, 5.74) is 0.762. The van der Waals surface area contributed by atoms with Crippen LogP contribution in [0.2, 0.25) is 0 Å². The summed E-state index contributed by atoms with van der Waals surface area (Å²) < 4.78 is 0. The third kappa shape index (κ3) is 1.96. The van der Waals surface area contributed by atoms with Gasteiger partial charge >= 0.3 is 0 Å². The molecule has 2 amide bonds. The molecule has 1 aliphatic rings.